The topological polar surface area (TPSA) is 111 Å². The van der Waals surface area contributed by atoms with Crippen LogP contribution in [0.1, 0.15) is 22.8 Å². The molecule has 31 heavy (non-hydrogen) atoms. The lowest BCUT2D eigenvalue weighted by atomic mass is 10.0. The summed E-state index contributed by atoms with van der Waals surface area (Å²) in [5.41, 5.74) is 3.07. The Morgan fingerprint density at radius 2 is 1.81 bits per heavy atom. The van der Waals surface area contributed by atoms with Crippen molar-refractivity contribution in [2.24, 2.45) is 0 Å². The van der Waals surface area contributed by atoms with E-state index in [2.05, 4.69) is 20.5 Å². The fourth-order valence-corrected chi connectivity index (χ4v) is 4.15. The number of aromatic nitrogens is 3. The second kappa shape index (κ2) is 7.84. The maximum absolute atomic E-state index is 13.0. The monoisotopic (exact) mass is 432 g/mol. The van der Waals surface area contributed by atoms with Crippen molar-refractivity contribution in [2.45, 2.75) is 23.8 Å². The fraction of sp³-hybridized carbons (Fsp3) is 0.136. The molecule has 0 radical (unpaired) electrons. The van der Waals surface area contributed by atoms with Gasteiger partial charge in [0.05, 0.1) is 24.2 Å². The molecule has 1 aromatic carbocycles. The molecule has 1 aliphatic rings. The first-order chi connectivity index (χ1) is 15.1. The molecule has 1 amide bonds. The highest BCUT2D eigenvalue weighted by Gasteiger charge is 2.24. The molecular formula is C22H16N4O4S. The number of thioether (sulfide) groups is 1. The van der Waals surface area contributed by atoms with Crippen molar-refractivity contribution in [3.05, 3.63) is 66.1 Å². The molecule has 0 spiro atoms. The Morgan fingerprint density at radius 1 is 1.06 bits per heavy atom. The number of amides is 1. The van der Waals surface area contributed by atoms with Gasteiger partial charge in [0.15, 0.2) is 23.0 Å². The minimum Gasteiger partial charge on any atom is -0.463 e. The van der Waals surface area contributed by atoms with E-state index >= 15 is 0 Å². The van der Waals surface area contributed by atoms with Gasteiger partial charge in [0.25, 0.3) is 0 Å². The fourth-order valence-electron chi connectivity index (χ4n) is 3.35. The molecule has 5 rings (SSSR count). The van der Waals surface area contributed by atoms with E-state index in [1.54, 1.807) is 61.9 Å². The Bertz CT molecular complexity index is 1270. The van der Waals surface area contributed by atoms with Crippen LogP contribution in [-0.4, -0.2) is 32.1 Å². The summed E-state index contributed by atoms with van der Waals surface area (Å²) in [5, 5.41) is 11.1. The van der Waals surface area contributed by atoms with E-state index in [9.17, 15) is 9.59 Å². The van der Waals surface area contributed by atoms with Crippen LogP contribution in [0, 0.1) is 0 Å². The van der Waals surface area contributed by atoms with Gasteiger partial charge >= 0.3 is 0 Å². The van der Waals surface area contributed by atoms with Crippen LogP contribution < -0.4 is 5.32 Å². The number of carbonyl (C=O) groups is 2. The molecular weight excluding hydrogens is 416 g/mol. The van der Waals surface area contributed by atoms with E-state index in [-0.39, 0.29) is 18.1 Å². The number of benzene rings is 1. The van der Waals surface area contributed by atoms with Crippen LogP contribution in [0.15, 0.2) is 69.0 Å². The van der Waals surface area contributed by atoms with Gasteiger partial charge in [-0.15, -0.1) is 10.2 Å². The summed E-state index contributed by atoms with van der Waals surface area (Å²) >= 11 is 1.21. The van der Waals surface area contributed by atoms with E-state index < -0.39 is 5.25 Å². The molecule has 9 heteroatoms. The van der Waals surface area contributed by atoms with E-state index in [0.29, 0.717) is 33.6 Å². The summed E-state index contributed by atoms with van der Waals surface area (Å²) in [6, 6.07) is 12.3. The summed E-state index contributed by atoms with van der Waals surface area (Å²) < 4.78 is 10.9. The highest BCUT2D eigenvalue weighted by Crippen LogP contribution is 2.32. The first-order valence-electron chi connectivity index (χ1n) is 9.54. The maximum Gasteiger partial charge on any atom is 0.228 e. The quantitative estimate of drug-likeness (QED) is 0.356. The standard InChI is InChI=1S/C22H16N4O4S/c1-12(21(28)13-6-7-15-14(10-13)11-18(27)23-15)31-22-24-19(16-4-2-8-29-16)20(25-26-22)17-5-3-9-30-17/h2-10,12H,11H2,1H3,(H,23,27)/t12-/m0/s1. The van der Waals surface area contributed by atoms with Crippen molar-refractivity contribution in [3.63, 3.8) is 0 Å². The molecule has 1 N–H and O–H groups in total. The smallest absolute Gasteiger partial charge is 0.228 e. The molecule has 0 saturated heterocycles. The van der Waals surface area contributed by atoms with E-state index in [1.165, 1.54) is 11.8 Å². The van der Waals surface area contributed by atoms with Gasteiger partial charge in [0.1, 0.15) is 5.69 Å². The van der Waals surface area contributed by atoms with Crippen LogP contribution in [0.4, 0.5) is 5.69 Å². The minimum atomic E-state index is -0.455. The summed E-state index contributed by atoms with van der Waals surface area (Å²) in [4.78, 5) is 29.1. The zero-order valence-electron chi connectivity index (χ0n) is 16.4. The molecule has 0 fully saturated rings. The Kier molecular flexibility index (Phi) is 4.87. The number of furan rings is 2. The zero-order valence-corrected chi connectivity index (χ0v) is 17.2. The van der Waals surface area contributed by atoms with Crippen molar-refractivity contribution in [2.75, 3.05) is 5.32 Å². The third-order valence-corrected chi connectivity index (χ3v) is 5.79. The lowest BCUT2D eigenvalue weighted by molar-refractivity contribution is -0.115. The predicted octanol–water partition coefficient (Wildman–Crippen LogP) is 4.25. The Balaban J connectivity index is 1.41. The van der Waals surface area contributed by atoms with Gasteiger partial charge in [-0.25, -0.2) is 4.98 Å². The third-order valence-electron chi connectivity index (χ3n) is 4.84. The number of hydrogen-bond acceptors (Lipinski definition) is 8. The van der Waals surface area contributed by atoms with Gasteiger partial charge in [-0.1, -0.05) is 11.8 Å². The van der Waals surface area contributed by atoms with Gasteiger partial charge in [-0.2, -0.15) is 0 Å². The maximum atomic E-state index is 13.0. The van der Waals surface area contributed by atoms with Gasteiger partial charge in [0.2, 0.25) is 11.1 Å². The van der Waals surface area contributed by atoms with Crippen LogP contribution in [0.3, 0.4) is 0 Å². The molecule has 8 nitrogen and oxygen atoms in total. The Morgan fingerprint density at radius 3 is 2.52 bits per heavy atom. The van der Waals surface area contributed by atoms with Crippen LogP contribution in [0.5, 0.6) is 0 Å². The molecule has 4 aromatic rings. The second-order valence-electron chi connectivity index (χ2n) is 6.97. The Labute approximate surface area is 181 Å². The number of hydrogen-bond donors (Lipinski definition) is 1. The average Bonchev–Trinajstić information content (AvgIpc) is 3.53. The first-order valence-corrected chi connectivity index (χ1v) is 10.4. The second-order valence-corrected chi connectivity index (χ2v) is 8.28. The molecule has 1 atom stereocenters. The van der Waals surface area contributed by atoms with Gasteiger partial charge in [-0.05, 0) is 55.0 Å². The minimum absolute atomic E-state index is 0.0661. The number of rotatable bonds is 6. The number of anilines is 1. The Hall–Kier alpha value is -3.72. The number of ketones is 1. The average molecular weight is 432 g/mol. The third kappa shape index (κ3) is 3.75. The number of nitrogens with zero attached hydrogens (tertiary/aromatic N) is 3. The SMILES string of the molecule is C[C@H](Sc1nnc(-c2ccco2)c(-c2ccco2)n1)C(=O)c1ccc2c(c1)CC(=O)N2. The molecule has 0 saturated carbocycles. The molecule has 154 valence electrons. The summed E-state index contributed by atoms with van der Waals surface area (Å²) in [7, 11) is 0. The number of Topliss-reactive ketones (excluding diaryl/α,β-unsaturated/α-hetero) is 1. The van der Waals surface area contributed by atoms with Gasteiger partial charge in [0, 0.05) is 11.3 Å². The summed E-state index contributed by atoms with van der Waals surface area (Å²) in [5.74, 6) is 0.903. The highest BCUT2D eigenvalue weighted by atomic mass is 32.2. The molecule has 1 aliphatic heterocycles. The van der Waals surface area contributed by atoms with E-state index in [1.807, 2.05) is 0 Å². The molecule has 4 heterocycles. The van der Waals surface area contributed by atoms with Crippen molar-refractivity contribution in [1.82, 2.24) is 15.2 Å². The van der Waals surface area contributed by atoms with Crippen LogP contribution in [-0.2, 0) is 11.2 Å². The van der Waals surface area contributed by atoms with Crippen LogP contribution in [0.25, 0.3) is 22.9 Å². The largest absolute Gasteiger partial charge is 0.463 e. The lowest BCUT2D eigenvalue weighted by Crippen LogP contribution is -2.14. The van der Waals surface area contributed by atoms with Crippen molar-refractivity contribution < 1.29 is 18.4 Å². The predicted molar refractivity (Wildman–Crippen MR) is 114 cm³/mol. The number of carbonyl (C=O) groups excluding carboxylic acids is 2. The van der Waals surface area contributed by atoms with Crippen molar-refractivity contribution in [3.8, 4) is 22.9 Å². The van der Waals surface area contributed by atoms with E-state index in [0.717, 1.165) is 11.3 Å². The molecule has 3 aromatic heterocycles. The lowest BCUT2D eigenvalue weighted by Gasteiger charge is -2.11. The molecule has 0 unspecified atom stereocenters. The number of nitrogens with one attached hydrogen (secondary N) is 1. The van der Waals surface area contributed by atoms with Gasteiger partial charge < -0.3 is 14.2 Å². The van der Waals surface area contributed by atoms with Crippen molar-refractivity contribution in [1.29, 1.82) is 0 Å². The van der Waals surface area contributed by atoms with E-state index in [4.69, 9.17) is 8.83 Å². The zero-order chi connectivity index (χ0) is 21.4. The van der Waals surface area contributed by atoms with Crippen LogP contribution in [0.2, 0.25) is 0 Å². The first kappa shape index (κ1) is 19.3. The summed E-state index contributed by atoms with van der Waals surface area (Å²) in [6.07, 6.45) is 3.38. The molecule has 0 bridgehead atoms. The van der Waals surface area contributed by atoms with Crippen LogP contribution >= 0.6 is 11.8 Å². The number of fused-ring (bicyclic) bond motifs is 1. The highest BCUT2D eigenvalue weighted by molar-refractivity contribution is 8.00. The van der Waals surface area contributed by atoms with Crippen molar-refractivity contribution >= 4 is 29.1 Å². The summed E-state index contributed by atoms with van der Waals surface area (Å²) in [6.45, 7) is 1.79. The molecule has 0 aliphatic carbocycles. The van der Waals surface area contributed by atoms with Gasteiger partial charge in [-0.3, -0.25) is 9.59 Å². The normalized spacial score (nSPS) is 13.6.